The van der Waals surface area contributed by atoms with Crippen molar-refractivity contribution in [3.8, 4) is 0 Å². The first-order valence-corrected chi connectivity index (χ1v) is 13.6. The fourth-order valence-electron chi connectivity index (χ4n) is 7.12. The molecule has 1 spiro atoms. The maximum Gasteiger partial charge on any atom is 0.233 e. The van der Waals surface area contributed by atoms with Gasteiger partial charge < -0.3 is 14.7 Å². The lowest BCUT2D eigenvalue weighted by Crippen LogP contribution is -2.54. The lowest BCUT2D eigenvalue weighted by Gasteiger charge is -2.47. The predicted molar refractivity (Wildman–Crippen MR) is 137 cm³/mol. The summed E-state index contributed by atoms with van der Waals surface area (Å²) in [5.74, 6) is 0.386. The maximum atomic E-state index is 13.8. The third-order valence-corrected chi connectivity index (χ3v) is 9.29. The second-order valence-corrected chi connectivity index (χ2v) is 11.6. The average Bonchev–Trinajstić information content (AvgIpc) is 3.45. The number of hydrogen-bond donors (Lipinski definition) is 0. The molecule has 5 nitrogen and oxygen atoms in total. The number of nitrogens with zero attached hydrogens (tertiary/aromatic N) is 4. The van der Waals surface area contributed by atoms with Crippen molar-refractivity contribution in [1.82, 2.24) is 9.80 Å². The van der Waals surface area contributed by atoms with Gasteiger partial charge in [0.2, 0.25) is 5.91 Å². The highest BCUT2D eigenvalue weighted by atomic mass is 16.2. The molecule has 5 rings (SSSR count). The van der Waals surface area contributed by atoms with Crippen molar-refractivity contribution >= 4 is 17.3 Å². The number of amides is 1. The first-order chi connectivity index (χ1) is 15.9. The molecular formula is C28H44N4O. The molecule has 1 aromatic rings. The molecule has 0 N–H and O–H groups in total. The highest BCUT2D eigenvalue weighted by Crippen LogP contribution is 2.43. The van der Waals surface area contributed by atoms with Crippen molar-refractivity contribution in [3.05, 3.63) is 23.8 Å². The Kier molecular flexibility index (Phi) is 6.47. The van der Waals surface area contributed by atoms with Gasteiger partial charge in [0.1, 0.15) is 0 Å². The van der Waals surface area contributed by atoms with E-state index in [1.54, 1.807) is 0 Å². The zero-order chi connectivity index (χ0) is 23.2. The van der Waals surface area contributed by atoms with E-state index >= 15 is 0 Å². The molecule has 4 heterocycles. The SMILES string of the molecule is Cc1cc(N2CCC(N3CCCC3C)C2)ccc1N1CCCC2(CCN(C(C)C)CC2)C1=O. The monoisotopic (exact) mass is 452 g/mol. The Bertz CT molecular complexity index is 859. The van der Waals surface area contributed by atoms with Gasteiger partial charge in [0, 0.05) is 49.1 Å². The van der Waals surface area contributed by atoms with Crippen LogP contribution < -0.4 is 9.80 Å². The Hall–Kier alpha value is -1.59. The van der Waals surface area contributed by atoms with E-state index in [1.807, 2.05) is 0 Å². The molecule has 5 heteroatoms. The smallest absolute Gasteiger partial charge is 0.233 e. The van der Waals surface area contributed by atoms with Crippen molar-refractivity contribution in [2.24, 2.45) is 5.41 Å². The summed E-state index contributed by atoms with van der Waals surface area (Å²) in [5.41, 5.74) is 3.58. The van der Waals surface area contributed by atoms with Gasteiger partial charge in [0.05, 0.1) is 5.41 Å². The lowest BCUT2D eigenvalue weighted by molar-refractivity contribution is -0.133. The minimum Gasteiger partial charge on any atom is -0.370 e. The van der Waals surface area contributed by atoms with E-state index < -0.39 is 0 Å². The van der Waals surface area contributed by atoms with Crippen LogP contribution in [0.2, 0.25) is 0 Å². The van der Waals surface area contributed by atoms with Crippen LogP contribution in [-0.4, -0.2) is 73.1 Å². The molecule has 0 bridgehead atoms. The summed E-state index contributed by atoms with van der Waals surface area (Å²) in [6.07, 6.45) is 8.19. The minimum absolute atomic E-state index is 0.136. The highest BCUT2D eigenvalue weighted by molar-refractivity contribution is 5.99. The fourth-order valence-corrected chi connectivity index (χ4v) is 7.12. The Morgan fingerprint density at radius 3 is 2.42 bits per heavy atom. The zero-order valence-corrected chi connectivity index (χ0v) is 21.4. The number of benzene rings is 1. The van der Waals surface area contributed by atoms with Gasteiger partial charge in [-0.15, -0.1) is 0 Å². The topological polar surface area (TPSA) is 30.0 Å². The van der Waals surface area contributed by atoms with E-state index in [1.165, 1.54) is 37.1 Å². The van der Waals surface area contributed by atoms with E-state index in [2.05, 4.69) is 65.5 Å². The lowest BCUT2D eigenvalue weighted by atomic mass is 9.71. The second kappa shape index (κ2) is 9.22. The van der Waals surface area contributed by atoms with Crippen LogP contribution >= 0.6 is 0 Å². The predicted octanol–water partition coefficient (Wildman–Crippen LogP) is 4.68. The van der Waals surface area contributed by atoms with Gasteiger partial charge in [-0.1, -0.05) is 0 Å². The summed E-state index contributed by atoms with van der Waals surface area (Å²) >= 11 is 0. The molecule has 4 fully saturated rings. The molecule has 0 radical (unpaired) electrons. The van der Waals surface area contributed by atoms with E-state index in [0.717, 1.165) is 70.1 Å². The standard InChI is InChI=1S/C28H44N4O/c1-21(2)29-17-12-28(13-18-29)11-6-15-32(27(28)33)26-9-8-24(19-22(26)3)30-16-10-25(20-30)31-14-5-7-23(31)4/h8-9,19,21,23,25H,5-7,10-18,20H2,1-4H3. The van der Waals surface area contributed by atoms with E-state index in [-0.39, 0.29) is 5.41 Å². The summed E-state index contributed by atoms with van der Waals surface area (Å²) in [4.78, 5) is 23.7. The number of anilines is 2. The van der Waals surface area contributed by atoms with Crippen LogP contribution in [-0.2, 0) is 4.79 Å². The normalized spacial score (nSPS) is 29.1. The van der Waals surface area contributed by atoms with Crippen molar-refractivity contribution in [1.29, 1.82) is 0 Å². The molecule has 4 aliphatic rings. The number of likely N-dealkylation sites (tertiary alicyclic amines) is 2. The van der Waals surface area contributed by atoms with Crippen LogP contribution in [0.25, 0.3) is 0 Å². The Labute approximate surface area is 201 Å². The van der Waals surface area contributed by atoms with Crippen LogP contribution in [0.3, 0.4) is 0 Å². The first kappa shape index (κ1) is 23.2. The minimum atomic E-state index is -0.136. The van der Waals surface area contributed by atoms with Crippen LogP contribution in [0.1, 0.15) is 71.3 Å². The van der Waals surface area contributed by atoms with Gasteiger partial charge in [0.25, 0.3) is 0 Å². The largest absolute Gasteiger partial charge is 0.370 e. The van der Waals surface area contributed by atoms with Crippen LogP contribution in [0.4, 0.5) is 11.4 Å². The summed E-state index contributed by atoms with van der Waals surface area (Å²) in [5, 5.41) is 0. The number of piperidine rings is 2. The van der Waals surface area contributed by atoms with E-state index in [9.17, 15) is 4.79 Å². The van der Waals surface area contributed by atoms with Crippen molar-refractivity contribution in [2.75, 3.05) is 49.1 Å². The van der Waals surface area contributed by atoms with Gasteiger partial charge in [0.15, 0.2) is 0 Å². The molecule has 33 heavy (non-hydrogen) atoms. The molecule has 182 valence electrons. The Morgan fingerprint density at radius 1 is 0.970 bits per heavy atom. The molecule has 2 atom stereocenters. The van der Waals surface area contributed by atoms with Crippen LogP contribution in [0.5, 0.6) is 0 Å². The molecule has 0 aliphatic carbocycles. The fraction of sp³-hybridized carbons (Fsp3) is 0.750. The molecule has 0 saturated carbocycles. The molecule has 4 saturated heterocycles. The maximum absolute atomic E-state index is 13.8. The van der Waals surface area contributed by atoms with Crippen LogP contribution in [0, 0.1) is 12.3 Å². The van der Waals surface area contributed by atoms with Crippen molar-refractivity contribution < 1.29 is 4.79 Å². The van der Waals surface area contributed by atoms with Crippen molar-refractivity contribution in [3.63, 3.8) is 0 Å². The highest BCUT2D eigenvalue weighted by Gasteiger charge is 2.46. The van der Waals surface area contributed by atoms with E-state index in [4.69, 9.17) is 0 Å². The number of carbonyl (C=O) groups is 1. The molecule has 4 aliphatic heterocycles. The molecule has 1 aromatic carbocycles. The van der Waals surface area contributed by atoms with Gasteiger partial charge in [-0.05, 0) is 116 Å². The summed E-state index contributed by atoms with van der Waals surface area (Å²) in [6.45, 7) is 15.7. The van der Waals surface area contributed by atoms with Gasteiger partial charge >= 0.3 is 0 Å². The number of hydrogen-bond acceptors (Lipinski definition) is 4. The quantitative estimate of drug-likeness (QED) is 0.664. The zero-order valence-electron chi connectivity index (χ0n) is 21.4. The van der Waals surface area contributed by atoms with Gasteiger partial charge in [-0.25, -0.2) is 0 Å². The van der Waals surface area contributed by atoms with Gasteiger partial charge in [-0.2, -0.15) is 0 Å². The molecule has 0 aromatic heterocycles. The number of aryl methyl sites for hydroxylation is 1. The number of rotatable bonds is 4. The summed E-state index contributed by atoms with van der Waals surface area (Å²) in [6, 6.07) is 8.85. The first-order valence-electron chi connectivity index (χ1n) is 13.6. The third kappa shape index (κ3) is 4.32. The molecule has 1 amide bonds. The van der Waals surface area contributed by atoms with Crippen LogP contribution in [0.15, 0.2) is 18.2 Å². The molecular weight excluding hydrogens is 408 g/mol. The third-order valence-electron chi connectivity index (χ3n) is 9.29. The van der Waals surface area contributed by atoms with Crippen molar-refractivity contribution in [2.45, 2.75) is 90.8 Å². The Morgan fingerprint density at radius 2 is 1.76 bits per heavy atom. The summed E-state index contributed by atoms with van der Waals surface area (Å²) < 4.78 is 0. The summed E-state index contributed by atoms with van der Waals surface area (Å²) in [7, 11) is 0. The Balaban J connectivity index is 1.28. The van der Waals surface area contributed by atoms with Gasteiger partial charge in [-0.3, -0.25) is 9.69 Å². The second-order valence-electron chi connectivity index (χ2n) is 11.6. The van der Waals surface area contributed by atoms with E-state index in [0.29, 0.717) is 18.0 Å². The number of carbonyl (C=O) groups excluding carboxylic acids is 1. The molecule has 2 unspecified atom stereocenters. The average molecular weight is 453 g/mol.